The molecule has 9 heteroatoms. The smallest absolute Gasteiger partial charge is 0.278 e. The van der Waals surface area contributed by atoms with Gasteiger partial charge >= 0.3 is 5.56 Å². The van der Waals surface area contributed by atoms with Crippen LogP contribution in [-0.4, -0.2) is 29.4 Å². The molecule has 6 rings (SSSR count). The van der Waals surface area contributed by atoms with Crippen molar-refractivity contribution in [3.63, 3.8) is 0 Å². The maximum Gasteiger partial charge on any atom is 0.301 e. The molecule has 3 heterocycles. The number of fused-ring (bicyclic) bond motifs is 3. The Labute approximate surface area is 211 Å². The van der Waals surface area contributed by atoms with Crippen LogP contribution in [0.1, 0.15) is 11.3 Å². The Bertz CT molecular complexity index is 1880. The second-order valence-corrected chi connectivity index (χ2v) is 8.61. The summed E-state index contributed by atoms with van der Waals surface area (Å²) in [5.74, 6) is 0. The zero-order chi connectivity index (χ0) is 25.4. The summed E-state index contributed by atoms with van der Waals surface area (Å²) in [6, 6.07) is 27.2. The zero-order valence-corrected chi connectivity index (χ0v) is 20.2. The molecule has 0 saturated carbocycles. The van der Waals surface area contributed by atoms with Gasteiger partial charge in [0.15, 0.2) is 16.7 Å². The summed E-state index contributed by atoms with van der Waals surface area (Å²) in [6.45, 7) is 3.73. The SMILES string of the molecule is Cc1ccc(N/N=c2/c(C)nn3cnc4c(c(-c5ccccc5)nn4-c4ccccc4)c3nc2=O)cc1. The second-order valence-electron chi connectivity index (χ2n) is 8.61. The Morgan fingerprint density at radius 3 is 2.24 bits per heavy atom. The van der Waals surface area contributed by atoms with E-state index in [1.54, 1.807) is 17.9 Å². The standard InChI is InChI=1S/C28H22N8O/c1-18-13-15-21(16-14-18)31-32-24-19(2)33-35-17-29-26-23(27(35)30-28(24)37)25(20-9-5-3-6-10-20)34-36(26)22-11-7-4-8-12-22/h3-17,31H,1-2H3/b32-24-. The van der Waals surface area contributed by atoms with Gasteiger partial charge in [0.25, 0.3) is 0 Å². The van der Waals surface area contributed by atoms with Crippen LogP contribution in [0.4, 0.5) is 5.69 Å². The first-order valence-electron chi connectivity index (χ1n) is 11.7. The Morgan fingerprint density at radius 1 is 0.811 bits per heavy atom. The van der Waals surface area contributed by atoms with Crippen molar-refractivity contribution in [1.82, 2.24) is 29.4 Å². The van der Waals surface area contributed by atoms with Gasteiger partial charge in [-0.2, -0.15) is 20.3 Å². The van der Waals surface area contributed by atoms with Crippen LogP contribution >= 0.6 is 0 Å². The highest BCUT2D eigenvalue weighted by Crippen LogP contribution is 2.30. The molecule has 37 heavy (non-hydrogen) atoms. The van der Waals surface area contributed by atoms with Crippen molar-refractivity contribution in [2.75, 3.05) is 5.43 Å². The molecule has 0 saturated heterocycles. The third-order valence-electron chi connectivity index (χ3n) is 6.00. The molecule has 0 fully saturated rings. The summed E-state index contributed by atoms with van der Waals surface area (Å²) < 4.78 is 3.27. The fourth-order valence-electron chi connectivity index (χ4n) is 4.13. The lowest BCUT2D eigenvalue weighted by molar-refractivity contribution is 0.857. The van der Waals surface area contributed by atoms with Crippen molar-refractivity contribution in [3.8, 4) is 16.9 Å². The van der Waals surface area contributed by atoms with E-state index in [-0.39, 0.29) is 5.36 Å². The van der Waals surface area contributed by atoms with E-state index in [1.165, 1.54) is 4.52 Å². The molecule has 6 aromatic rings. The number of rotatable bonds is 4. The second kappa shape index (κ2) is 9.12. The summed E-state index contributed by atoms with van der Waals surface area (Å²) in [4.78, 5) is 22.5. The van der Waals surface area contributed by atoms with Crippen molar-refractivity contribution in [2.24, 2.45) is 5.10 Å². The summed E-state index contributed by atoms with van der Waals surface area (Å²) in [7, 11) is 0. The van der Waals surface area contributed by atoms with Gasteiger partial charge in [-0.25, -0.2) is 14.2 Å². The van der Waals surface area contributed by atoms with Crippen molar-refractivity contribution >= 4 is 22.4 Å². The highest BCUT2D eigenvalue weighted by atomic mass is 16.1. The van der Waals surface area contributed by atoms with E-state index in [4.69, 9.17) is 5.10 Å². The van der Waals surface area contributed by atoms with Gasteiger partial charge in [0, 0.05) is 5.56 Å². The monoisotopic (exact) mass is 486 g/mol. The molecule has 0 unspecified atom stereocenters. The molecule has 1 N–H and O–H groups in total. The molecule has 9 nitrogen and oxygen atoms in total. The number of aryl methyl sites for hydroxylation is 2. The van der Waals surface area contributed by atoms with Crippen LogP contribution in [0.5, 0.6) is 0 Å². The molecule has 0 aliphatic rings. The average molecular weight is 487 g/mol. The quantitative estimate of drug-likeness (QED) is 0.378. The Kier molecular flexibility index (Phi) is 5.49. The van der Waals surface area contributed by atoms with Crippen molar-refractivity contribution < 1.29 is 0 Å². The number of benzene rings is 3. The number of nitrogens with zero attached hydrogens (tertiary/aromatic N) is 7. The van der Waals surface area contributed by atoms with Crippen molar-refractivity contribution in [1.29, 1.82) is 0 Å². The molecule has 3 aromatic heterocycles. The summed E-state index contributed by atoms with van der Waals surface area (Å²) in [5.41, 5.74) is 8.02. The molecule has 0 spiro atoms. The van der Waals surface area contributed by atoms with E-state index >= 15 is 0 Å². The highest BCUT2D eigenvalue weighted by Gasteiger charge is 2.19. The number of nitrogens with one attached hydrogen (secondary N) is 1. The van der Waals surface area contributed by atoms with Crippen molar-refractivity contribution in [2.45, 2.75) is 13.8 Å². The minimum atomic E-state index is -0.508. The lowest BCUT2D eigenvalue weighted by Crippen LogP contribution is -2.29. The minimum absolute atomic E-state index is 0.120. The highest BCUT2D eigenvalue weighted by molar-refractivity contribution is 6.01. The lowest BCUT2D eigenvalue weighted by atomic mass is 10.1. The number of aromatic nitrogens is 6. The Morgan fingerprint density at radius 2 is 1.51 bits per heavy atom. The van der Waals surface area contributed by atoms with E-state index in [1.807, 2.05) is 91.9 Å². The Hall–Kier alpha value is -5.18. The summed E-state index contributed by atoms with van der Waals surface area (Å²) in [5, 5.41) is 14.6. The van der Waals surface area contributed by atoms with Gasteiger partial charge in [-0.15, -0.1) is 0 Å². The molecule has 0 amide bonds. The van der Waals surface area contributed by atoms with Gasteiger partial charge in [-0.1, -0.05) is 66.2 Å². The molecular formula is C28H22N8O. The van der Waals surface area contributed by atoms with E-state index in [0.29, 0.717) is 28.1 Å². The van der Waals surface area contributed by atoms with E-state index < -0.39 is 5.56 Å². The van der Waals surface area contributed by atoms with Crippen LogP contribution in [0, 0.1) is 13.8 Å². The van der Waals surface area contributed by atoms with Gasteiger partial charge in [0.05, 0.1) is 22.5 Å². The van der Waals surface area contributed by atoms with Gasteiger partial charge in [-0.3, -0.25) is 10.2 Å². The summed E-state index contributed by atoms with van der Waals surface area (Å²) in [6.07, 6.45) is 1.55. The first-order valence-corrected chi connectivity index (χ1v) is 11.7. The molecular weight excluding hydrogens is 464 g/mol. The van der Waals surface area contributed by atoms with Crippen LogP contribution in [0.15, 0.2) is 101 Å². The van der Waals surface area contributed by atoms with Crippen LogP contribution in [0.3, 0.4) is 0 Å². The molecule has 0 aliphatic carbocycles. The molecule has 0 radical (unpaired) electrons. The molecule has 0 atom stereocenters. The van der Waals surface area contributed by atoms with Crippen LogP contribution < -0.4 is 16.3 Å². The number of hydrogen-bond donors (Lipinski definition) is 1. The Balaban J connectivity index is 1.64. The average Bonchev–Trinajstić information content (AvgIpc) is 3.26. The predicted octanol–water partition coefficient (Wildman–Crippen LogP) is 4.04. The fraction of sp³-hybridized carbons (Fsp3) is 0.0714. The maximum absolute atomic E-state index is 13.4. The molecule has 3 aromatic carbocycles. The van der Waals surface area contributed by atoms with Gasteiger partial charge < -0.3 is 0 Å². The molecule has 0 bridgehead atoms. The van der Waals surface area contributed by atoms with E-state index in [9.17, 15) is 4.79 Å². The normalized spacial score (nSPS) is 11.8. The molecule has 0 aliphatic heterocycles. The minimum Gasteiger partial charge on any atom is -0.278 e. The van der Waals surface area contributed by atoms with Crippen LogP contribution in [0.2, 0.25) is 0 Å². The lowest BCUT2D eigenvalue weighted by Gasteiger charge is -2.02. The first-order chi connectivity index (χ1) is 18.1. The number of para-hydroxylation sites is 1. The maximum atomic E-state index is 13.4. The fourth-order valence-corrected chi connectivity index (χ4v) is 4.13. The summed E-state index contributed by atoms with van der Waals surface area (Å²) >= 11 is 0. The number of anilines is 1. The van der Waals surface area contributed by atoms with Crippen LogP contribution in [-0.2, 0) is 0 Å². The van der Waals surface area contributed by atoms with Crippen LogP contribution in [0.25, 0.3) is 33.6 Å². The molecule has 180 valence electrons. The van der Waals surface area contributed by atoms with Crippen molar-refractivity contribution in [3.05, 3.63) is 118 Å². The number of hydrogen-bond acceptors (Lipinski definition) is 7. The predicted molar refractivity (Wildman–Crippen MR) is 142 cm³/mol. The third kappa shape index (κ3) is 4.12. The van der Waals surface area contributed by atoms with E-state index in [0.717, 1.165) is 22.5 Å². The third-order valence-corrected chi connectivity index (χ3v) is 6.00. The largest absolute Gasteiger partial charge is 0.301 e. The van der Waals surface area contributed by atoms with Gasteiger partial charge in [0.2, 0.25) is 0 Å². The van der Waals surface area contributed by atoms with E-state index in [2.05, 4.69) is 25.6 Å². The van der Waals surface area contributed by atoms with Gasteiger partial charge in [0.1, 0.15) is 12.0 Å². The van der Waals surface area contributed by atoms with Gasteiger partial charge in [-0.05, 0) is 38.1 Å². The topological polar surface area (TPSA) is 102 Å². The first kappa shape index (κ1) is 22.3. The zero-order valence-electron chi connectivity index (χ0n) is 20.2.